The fourth-order valence-electron chi connectivity index (χ4n) is 3.10. The second-order valence-electron chi connectivity index (χ2n) is 7.90. The molecule has 0 fully saturated rings. The van der Waals surface area contributed by atoms with Crippen molar-refractivity contribution in [2.24, 2.45) is 0 Å². The van der Waals surface area contributed by atoms with E-state index in [9.17, 15) is 18.8 Å². The summed E-state index contributed by atoms with van der Waals surface area (Å²) in [7, 11) is 0. The van der Waals surface area contributed by atoms with Gasteiger partial charge in [0.1, 0.15) is 17.1 Å². The number of nitrogens with one attached hydrogen (secondary N) is 1. The van der Waals surface area contributed by atoms with Gasteiger partial charge in [-0.05, 0) is 64.1 Å². The monoisotopic (exact) mass is 414 g/mol. The summed E-state index contributed by atoms with van der Waals surface area (Å²) in [6, 6.07) is 12.1. The third-order valence-electron chi connectivity index (χ3n) is 4.76. The fraction of sp³-hybridized carbons (Fsp3) is 0.318. The Morgan fingerprint density at radius 2 is 1.73 bits per heavy atom. The van der Waals surface area contributed by atoms with Gasteiger partial charge in [-0.1, -0.05) is 12.1 Å². The molecule has 0 radical (unpaired) electrons. The molecule has 2 aromatic carbocycles. The van der Waals surface area contributed by atoms with E-state index in [-0.39, 0.29) is 11.7 Å². The smallest absolute Gasteiger partial charge is 0.350 e. The van der Waals surface area contributed by atoms with E-state index < -0.39 is 35.4 Å². The van der Waals surface area contributed by atoms with Crippen molar-refractivity contribution in [1.82, 2.24) is 0 Å². The summed E-state index contributed by atoms with van der Waals surface area (Å²) < 4.78 is 23.8. The van der Waals surface area contributed by atoms with Gasteiger partial charge in [-0.3, -0.25) is 14.5 Å². The van der Waals surface area contributed by atoms with Crippen molar-refractivity contribution in [3.05, 3.63) is 54.3 Å². The maximum absolute atomic E-state index is 13.0. The number of fused-ring (bicyclic) bond motifs is 1. The van der Waals surface area contributed by atoms with E-state index in [1.54, 1.807) is 38.1 Å². The van der Waals surface area contributed by atoms with Gasteiger partial charge in [0.25, 0.3) is 5.91 Å². The lowest BCUT2D eigenvalue weighted by molar-refractivity contribution is -0.161. The van der Waals surface area contributed by atoms with Crippen molar-refractivity contribution in [3.63, 3.8) is 0 Å². The van der Waals surface area contributed by atoms with Crippen molar-refractivity contribution in [3.8, 4) is 5.75 Å². The van der Waals surface area contributed by atoms with Crippen molar-refractivity contribution in [1.29, 1.82) is 0 Å². The second kappa shape index (κ2) is 7.78. The SMILES string of the molecule is CC(C)(Oc1ccc(F)cc1)C(=O)OCC(=O)N1c2ccccc2NC(=O)C1(C)C. The number of hydrogen-bond acceptors (Lipinski definition) is 5. The Labute approximate surface area is 173 Å². The molecule has 3 rings (SSSR count). The number of rotatable bonds is 5. The minimum Gasteiger partial charge on any atom is -0.476 e. The first-order valence-corrected chi connectivity index (χ1v) is 9.38. The number of ether oxygens (including phenoxy) is 2. The number of esters is 1. The van der Waals surface area contributed by atoms with E-state index in [0.717, 1.165) is 0 Å². The summed E-state index contributed by atoms with van der Waals surface area (Å²) in [5.74, 6) is -1.81. The fourth-order valence-corrected chi connectivity index (χ4v) is 3.10. The van der Waals surface area contributed by atoms with Crippen LogP contribution in [0.3, 0.4) is 0 Å². The molecule has 0 saturated carbocycles. The summed E-state index contributed by atoms with van der Waals surface area (Å²) in [5, 5.41) is 2.77. The minimum atomic E-state index is -1.41. The normalized spacial score (nSPS) is 15.1. The second-order valence-corrected chi connectivity index (χ2v) is 7.90. The summed E-state index contributed by atoms with van der Waals surface area (Å²) >= 11 is 0. The first-order valence-electron chi connectivity index (χ1n) is 9.38. The molecule has 1 aliphatic rings. The Hall–Kier alpha value is -3.42. The predicted molar refractivity (Wildman–Crippen MR) is 109 cm³/mol. The van der Waals surface area contributed by atoms with Crippen LogP contribution in [0.25, 0.3) is 0 Å². The number of carbonyl (C=O) groups excluding carboxylic acids is 3. The van der Waals surface area contributed by atoms with Gasteiger partial charge in [0.15, 0.2) is 12.2 Å². The van der Waals surface area contributed by atoms with E-state index in [1.807, 2.05) is 0 Å². The molecule has 0 spiro atoms. The van der Waals surface area contributed by atoms with Crippen molar-refractivity contribution in [2.75, 3.05) is 16.8 Å². The largest absolute Gasteiger partial charge is 0.476 e. The van der Waals surface area contributed by atoms with Gasteiger partial charge in [0.2, 0.25) is 5.91 Å². The molecule has 0 saturated heterocycles. The van der Waals surface area contributed by atoms with Crippen LogP contribution in [0, 0.1) is 5.82 Å². The van der Waals surface area contributed by atoms with Crippen LogP contribution in [0.1, 0.15) is 27.7 Å². The predicted octanol–water partition coefficient (Wildman–Crippen LogP) is 3.29. The molecule has 0 atom stereocenters. The molecule has 30 heavy (non-hydrogen) atoms. The number of nitrogens with zero attached hydrogens (tertiary/aromatic N) is 1. The summed E-state index contributed by atoms with van der Waals surface area (Å²) in [6.07, 6.45) is 0. The number of carbonyl (C=O) groups is 3. The third-order valence-corrected chi connectivity index (χ3v) is 4.76. The molecule has 1 aliphatic heterocycles. The van der Waals surface area contributed by atoms with Crippen molar-refractivity contribution < 1.29 is 28.2 Å². The Balaban J connectivity index is 1.72. The van der Waals surface area contributed by atoms with E-state index in [0.29, 0.717) is 11.4 Å². The zero-order valence-corrected chi connectivity index (χ0v) is 17.2. The van der Waals surface area contributed by atoms with E-state index in [2.05, 4.69) is 5.32 Å². The molecular formula is C22H23FN2O5. The average Bonchev–Trinajstić information content (AvgIpc) is 2.68. The van der Waals surface area contributed by atoms with Crippen LogP contribution >= 0.6 is 0 Å². The molecule has 1 heterocycles. The van der Waals surface area contributed by atoms with Crippen LogP contribution in [-0.4, -0.2) is 35.5 Å². The van der Waals surface area contributed by atoms with Gasteiger partial charge in [-0.15, -0.1) is 0 Å². The Morgan fingerprint density at radius 1 is 1.10 bits per heavy atom. The molecule has 0 aromatic heterocycles. The van der Waals surface area contributed by atoms with Gasteiger partial charge >= 0.3 is 5.97 Å². The minimum absolute atomic E-state index is 0.285. The number of halogens is 1. The maximum atomic E-state index is 13.0. The zero-order chi connectivity index (χ0) is 22.1. The first-order chi connectivity index (χ1) is 14.0. The van der Waals surface area contributed by atoms with Crippen LogP contribution in [0.4, 0.5) is 15.8 Å². The molecule has 7 nitrogen and oxygen atoms in total. The molecule has 2 amide bonds. The molecule has 8 heteroatoms. The molecule has 1 N–H and O–H groups in total. The van der Waals surface area contributed by atoms with E-state index in [1.165, 1.54) is 43.0 Å². The number of anilines is 2. The lowest BCUT2D eigenvalue weighted by Gasteiger charge is -2.41. The van der Waals surface area contributed by atoms with E-state index >= 15 is 0 Å². The van der Waals surface area contributed by atoms with Crippen LogP contribution in [0.15, 0.2) is 48.5 Å². The lowest BCUT2D eigenvalue weighted by atomic mass is 9.96. The highest BCUT2D eigenvalue weighted by Gasteiger charge is 2.44. The topological polar surface area (TPSA) is 84.9 Å². The summed E-state index contributed by atoms with van der Waals surface area (Å²) in [6.45, 7) is 5.62. The maximum Gasteiger partial charge on any atom is 0.350 e. The highest BCUT2D eigenvalue weighted by molar-refractivity contribution is 6.14. The standard InChI is InChI=1S/C22H23FN2O5/c1-21(2)19(27)24-16-7-5-6-8-17(16)25(21)18(26)13-29-20(28)22(3,4)30-15-11-9-14(23)10-12-15/h5-12H,13H2,1-4H3,(H,24,27). The summed E-state index contributed by atoms with van der Waals surface area (Å²) in [4.78, 5) is 39.2. The Kier molecular flexibility index (Phi) is 5.52. The highest BCUT2D eigenvalue weighted by Crippen LogP contribution is 2.36. The van der Waals surface area contributed by atoms with E-state index in [4.69, 9.17) is 9.47 Å². The van der Waals surface area contributed by atoms with Crippen LogP contribution < -0.4 is 15.0 Å². The molecule has 158 valence electrons. The quantitative estimate of drug-likeness (QED) is 0.759. The van der Waals surface area contributed by atoms with Gasteiger partial charge in [0, 0.05) is 0 Å². The molecule has 0 aliphatic carbocycles. The molecule has 2 aromatic rings. The Morgan fingerprint density at radius 3 is 2.40 bits per heavy atom. The zero-order valence-electron chi connectivity index (χ0n) is 17.2. The number of hydrogen-bond donors (Lipinski definition) is 1. The van der Waals surface area contributed by atoms with Crippen molar-refractivity contribution in [2.45, 2.75) is 38.8 Å². The van der Waals surface area contributed by atoms with Gasteiger partial charge < -0.3 is 14.8 Å². The van der Waals surface area contributed by atoms with Crippen molar-refractivity contribution >= 4 is 29.2 Å². The van der Waals surface area contributed by atoms with Crippen LogP contribution in [0.5, 0.6) is 5.75 Å². The number of para-hydroxylation sites is 2. The van der Waals surface area contributed by atoms with Crippen LogP contribution in [0.2, 0.25) is 0 Å². The summed E-state index contributed by atoms with van der Waals surface area (Å²) in [5.41, 5.74) is -1.56. The van der Waals surface area contributed by atoms with Crippen LogP contribution in [-0.2, 0) is 19.1 Å². The molecule has 0 unspecified atom stereocenters. The lowest BCUT2D eigenvalue weighted by Crippen LogP contribution is -2.59. The Bertz CT molecular complexity index is 985. The highest BCUT2D eigenvalue weighted by atomic mass is 19.1. The average molecular weight is 414 g/mol. The first kappa shape index (κ1) is 21.3. The molecule has 0 bridgehead atoms. The number of amides is 2. The third kappa shape index (κ3) is 4.12. The van der Waals surface area contributed by atoms with Gasteiger partial charge in [-0.25, -0.2) is 9.18 Å². The number of benzene rings is 2. The van der Waals surface area contributed by atoms with Gasteiger partial charge in [0.05, 0.1) is 11.4 Å². The van der Waals surface area contributed by atoms with Gasteiger partial charge in [-0.2, -0.15) is 0 Å². The molecular weight excluding hydrogens is 391 g/mol.